The van der Waals surface area contributed by atoms with Crippen molar-refractivity contribution < 1.29 is 13.2 Å². The molecular weight excluding hydrogens is 428 g/mol. The predicted octanol–water partition coefficient (Wildman–Crippen LogP) is 4.48. The minimum absolute atomic E-state index is 0.181. The minimum Gasteiger partial charge on any atom is -0.351 e. The summed E-state index contributed by atoms with van der Waals surface area (Å²) in [6.45, 7) is 2.56. The van der Waals surface area contributed by atoms with Crippen LogP contribution < -0.4 is 9.62 Å². The first-order chi connectivity index (χ1) is 14.9. The minimum atomic E-state index is -3.76. The van der Waals surface area contributed by atoms with Gasteiger partial charge in [-0.1, -0.05) is 60.2 Å². The van der Waals surface area contributed by atoms with E-state index < -0.39 is 10.0 Å². The van der Waals surface area contributed by atoms with Crippen LogP contribution in [0.4, 0.5) is 5.69 Å². The first kappa shape index (κ1) is 22.9. The fraction of sp³-hybridized carbons (Fsp3) is 0.208. The average Bonchev–Trinajstić information content (AvgIpc) is 2.80. The molecule has 5 nitrogen and oxygen atoms in total. The number of aryl methyl sites for hydroxylation is 1. The van der Waals surface area contributed by atoms with E-state index in [0.29, 0.717) is 17.8 Å². The van der Waals surface area contributed by atoms with E-state index in [1.165, 1.54) is 18.2 Å². The van der Waals surface area contributed by atoms with E-state index >= 15 is 0 Å². The summed E-state index contributed by atoms with van der Waals surface area (Å²) >= 11 is 1.74. The molecule has 0 unspecified atom stereocenters. The Labute approximate surface area is 188 Å². The van der Waals surface area contributed by atoms with Gasteiger partial charge in [0.15, 0.2) is 0 Å². The normalized spacial score (nSPS) is 11.2. The van der Waals surface area contributed by atoms with Crippen molar-refractivity contribution in [1.82, 2.24) is 5.32 Å². The van der Waals surface area contributed by atoms with Crippen LogP contribution in [-0.4, -0.2) is 33.7 Å². The number of rotatable bonds is 9. The van der Waals surface area contributed by atoms with Crippen LogP contribution in [0.5, 0.6) is 0 Å². The zero-order valence-electron chi connectivity index (χ0n) is 17.6. The van der Waals surface area contributed by atoms with Gasteiger partial charge in [0.1, 0.15) is 0 Å². The Morgan fingerprint density at radius 1 is 0.935 bits per heavy atom. The Kier molecular flexibility index (Phi) is 7.76. The number of anilines is 1. The fourth-order valence-electron chi connectivity index (χ4n) is 3.03. The van der Waals surface area contributed by atoms with Crippen LogP contribution in [0.1, 0.15) is 21.5 Å². The highest BCUT2D eigenvalue weighted by molar-refractivity contribution is 7.98. The number of amides is 1. The fourth-order valence-corrected chi connectivity index (χ4v) is 5.08. The van der Waals surface area contributed by atoms with Crippen molar-refractivity contribution in [2.75, 3.05) is 23.7 Å². The van der Waals surface area contributed by atoms with Crippen molar-refractivity contribution in [3.05, 3.63) is 95.6 Å². The Morgan fingerprint density at radius 3 is 2.29 bits per heavy atom. The molecular formula is C24H26N2O3S2. The number of nitrogens with one attached hydrogen (secondary N) is 1. The predicted molar refractivity (Wildman–Crippen MR) is 128 cm³/mol. The van der Waals surface area contributed by atoms with Crippen LogP contribution in [0, 0.1) is 6.92 Å². The monoisotopic (exact) mass is 454 g/mol. The van der Waals surface area contributed by atoms with Gasteiger partial charge in [-0.15, -0.1) is 0 Å². The summed E-state index contributed by atoms with van der Waals surface area (Å²) in [5.41, 5.74) is 3.16. The molecule has 31 heavy (non-hydrogen) atoms. The Balaban J connectivity index is 1.61. The molecule has 0 bridgehead atoms. The highest BCUT2D eigenvalue weighted by Crippen LogP contribution is 2.25. The molecule has 0 saturated carbocycles. The van der Waals surface area contributed by atoms with E-state index in [-0.39, 0.29) is 10.8 Å². The third-order valence-corrected chi connectivity index (χ3v) is 7.63. The van der Waals surface area contributed by atoms with Gasteiger partial charge in [0.25, 0.3) is 15.9 Å². The van der Waals surface area contributed by atoms with E-state index in [1.54, 1.807) is 66.4 Å². The largest absolute Gasteiger partial charge is 0.351 e. The van der Waals surface area contributed by atoms with Gasteiger partial charge in [-0.05, 0) is 36.8 Å². The first-order valence-corrected chi connectivity index (χ1v) is 12.5. The number of thioether (sulfide) groups is 1. The Bertz CT molecular complexity index is 1120. The third-order valence-electron chi connectivity index (χ3n) is 4.81. The van der Waals surface area contributed by atoms with E-state index in [4.69, 9.17) is 0 Å². The number of sulfonamides is 1. The van der Waals surface area contributed by atoms with Gasteiger partial charge < -0.3 is 5.32 Å². The van der Waals surface area contributed by atoms with Crippen molar-refractivity contribution >= 4 is 33.4 Å². The molecule has 162 valence electrons. The van der Waals surface area contributed by atoms with Gasteiger partial charge in [0.05, 0.1) is 16.1 Å². The van der Waals surface area contributed by atoms with Crippen LogP contribution in [0.15, 0.2) is 83.8 Å². The first-order valence-electron chi connectivity index (χ1n) is 9.94. The van der Waals surface area contributed by atoms with Gasteiger partial charge >= 0.3 is 0 Å². The van der Waals surface area contributed by atoms with Gasteiger partial charge in [-0.2, -0.15) is 11.8 Å². The molecule has 0 spiro atoms. The molecule has 0 aromatic heterocycles. The molecule has 0 aliphatic rings. The number of carbonyl (C=O) groups is 1. The molecule has 0 radical (unpaired) electrons. The summed E-state index contributed by atoms with van der Waals surface area (Å²) in [6.07, 6.45) is 0. The molecule has 1 N–H and O–H groups in total. The van der Waals surface area contributed by atoms with Crippen molar-refractivity contribution in [1.29, 1.82) is 0 Å². The quantitative estimate of drug-likeness (QED) is 0.484. The zero-order valence-corrected chi connectivity index (χ0v) is 19.2. The lowest BCUT2D eigenvalue weighted by Crippen LogP contribution is -2.31. The molecule has 0 atom stereocenters. The molecule has 0 fully saturated rings. The average molecular weight is 455 g/mol. The molecule has 7 heteroatoms. The molecule has 0 aliphatic heterocycles. The maximum atomic E-state index is 13.0. The molecule has 3 aromatic carbocycles. The van der Waals surface area contributed by atoms with Crippen LogP contribution in [0.3, 0.4) is 0 Å². The number of carbonyl (C=O) groups excluding carboxylic acids is 1. The van der Waals surface area contributed by atoms with Crippen LogP contribution >= 0.6 is 11.8 Å². The van der Waals surface area contributed by atoms with Gasteiger partial charge in [0.2, 0.25) is 0 Å². The maximum Gasteiger partial charge on any atom is 0.264 e. The number of benzene rings is 3. The molecule has 3 aromatic rings. The standard InChI is InChI=1S/C24H26N2O3S2/c1-19-12-14-20(15-13-19)18-30-17-16-25-24(27)22-10-6-7-11-23(22)26(2)31(28,29)21-8-4-3-5-9-21/h3-15H,16-18H2,1-2H3,(H,25,27). The SMILES string of the molecule is Cc1ccc(CSCCNC(=O)c2ccccc2N(C)S(=O)(=O)c2ccccc2)cc1. The van der Waals surface area contributed by atoms with E-state index in [2.05, 4.69) is 36.5 Å². The van der Waals surface area contributed by atoms with Crippen molar-refractivity contribution in [2.24, 2.45) is 0 Å². The maximum absolute atomic E-state index is 13.0. The summed E-state index contributed by atoms with van der Waals surface area (Å²) in [7, 11) is -2.30. The van der Waals surface area contributed by atoms with Crippen molar-refractivity contribution in [3.63, 3.8) is 0 Å². The van der Waals surface area contributed by atoms with Crippen LogP contribution in [0.2, 0.25) is 0 Å². The van der Waals surface area contributed by atoms with Crippen LogP contribution in [0.25, 0.3) is 0 Å². The number of nitrogens with zero attached hydrogens (tertiary/aromatic N) is 1. The lowest BCUT2D eigenvalue weighted by atomic mass is 10.1. The van der Waals surface area contributed by atoms with Gasteiger partial charge in [0, 0.05) is 25.1 Å². The number of para-hydroxylation sites is 1. The van der Waals surface area contributed by atoms with Crippen molar-refractivity contribution in [2.45, 2.75) is 17.6 Å². The van der Waals surface area contributed by atoms with Crippen LogP contribution in [-0.2, 0) is 15.8 Å². The molecule has 0 saturated heterocycles. The lowest BCUT2D eigenvalue weighted by Gasteiger charge is -2.22. The smallest absolute Gasteiger partial charge is 0.264 e. The Hall–Kier alpha value is -2.77. The summed E-state index contributed by atoms with van der Waals surface area (Å²) in [5, 5.41) is 2.90. The zero-order chi connectivity index (χ0) is 22.3. The van der Waals surface area contributed by atoms with Gasteiger partial charge in [-0.25, -0.2) is 8.42 Å². The highest BCUT2D eigenvalue weighted by atomic mass is 32.2. The summed E-state index contributed by atoms with van der Waals surface area (Å²) in [5.74, 6) is 1.35. The van der Waals surface area contributed by atoms with E-state index in [1.807, 2.05) is 0 Å². The van der Waals surface area contributed by atoms with E-state index in [9.17, 15) is 13.2 Å². The topological polar surface area (TPSA) is 66.5 Å². The second kappa shape index (κ2) is 10.5. The summed E-state index contributed by atoms with van der Waals surface area (Å²) < 4.78 is 27.1. The molecule has 0 heterocycles. The third kappa shape index (κ3) is 5.89. The Morgan fingerprint density at radius 2 is 1.58 bits per heavy atom. The lowest BCUT2D eigenvalue weighted by molar-refractivity contribution is 0.0957. The molecule has 1 amide bonds. The highest BCUT2D eigenvalue weighted by Gasteiger charge is 2.24. The molecule has 3 rings (SSSR count). The second-order valence-corrected chi connectivity index (χ2v) is 10.2. The van der Waals surface area contributed by atoms with E-state index in [0.717, 1.165) is 15.8 Å². The molecule has 0 aliphatic carbocycles. The number of hydrogen-bond acceptors (Lipinski definition) is 4. The second-order valence-electron chi connectivity index (χ2n) is 7.10. The number of hydrogen-bond donors (Lipinski definition) is 1. The summed E-state index contributed by atoms with van der Waals surface area (Å²) in [6, 6.07) is 23.3. The van der Waals surface area contributed by atoms with Crippen molar-refractivity contribution in [3.8, 4) is 0 Å². The van der Waals surface area contributed by atoms with Gasteiger partial charge in [-0.3, -0.25) is 9.10 Å². The summed E-state index contributed by atoms with van der Waals surface area (Å²) in [4.78, 5) is 12.9.